The van der Waals surface area contributed by atoms with Crippen LogP contribution >= 0.6 is 0 Å². The summed E-state index contributed by atoms with van der Waals surface area (Å²) in [7, 11) is 1.61. The van der Waals surface area contributed by atoms with Gasteiger partial charge in [-0.3, -0.25) is 9.59 Å². The molecule has 126 valence electrons. The molecule has 2 saturated heterocycles. The van der Waals surface area contributed by atoms with E-state index in [0.29, 0.717) is 32.7 Å². The first-order valence-electron chi connectivity index (χ1n) is 8.10. The Hall–Kier alpha value is -1.89. The van der Waals surface area contributed by atoms with Gasteiger partial charge in [0.1, 0.15) is 0 Å². The Bertz CT molecular complexity index is 586. The Morgan fingerprint density at radius 2 is 2.35 bits per heavy atom. The Morgan fingerprint density at radius 3 is 3.04 bits per heavy atom. The van der Waals surface area contributed by atoms with E-state index in [1.807, 2.05) is 17.9 Å². The van der Waals surface area contributed by atoms with E-state index in [9.17, 15) is 9.59 Å². The number of aromatic nitrogens is 1. The monoisotopic (exact) mass is 321 g/mol. The van der Waals surface area contributed by atoms with Crippen LogP contribution in [0.1, 0.15) is 36.8 Å². The molecule has 2 fully saturated rings. The molecule has 0 bridgehead atoms. The number of carbonyl (C=O) groups is 2. The summed E-state index contributed by atoms with van der Waals surface area (Å²) in [5.41, 5.74) is 0.820. The van der Waals surface area contributed by atoms with Crippen LogP contribution in [0.2, 0.25) is 0 Å². The normalized spacial score (nSPS) is 24.7. The minimum atomic E-state index is -0.260. The van der Waals surface area contributed by atoms with Gasteiger partial charge in [0.2, 0.25) is 11.8 Å². The van der Waals surface area contributed by atoms with Gasteiger partial charge in [0, 0.05) is 39.2 Å². The van der Waals surface area contributed by atoms with Gasteiger partial charge in [0.25, 0.3) is 0 Å². The second kappa shape index (κ2) is 6.70. The number of carbonyl (C=O) groups excluding carboxylic acids is 2. The van der Waals surface area contributed by atoms with E-state index >= 15 is 0 Å². The lowest BCUT2D eigenvalue weighted by Gasteiger charge is -2.25. The summed E-state index contributed by atoms with van der Waals surface area (Å²) in [5, 5.41) is 3.92. The fraction of sp³-hybridized carbons (Fsp3) is 0.688. The Labute approximate surface area is 135 Å². The van der Waals surface area contributed by atoms with Gasteiger partial charge >= 0.3 is 0 Å². The van der Waals surface area contributed by atoms with E-state index in [1.165, 1.54) is 0 Å². The Morgan fingerprint density at radius 1 is 1.52 bits per heavy atom. The van der Waals surface area contributed by atoms with E-state index in [-0.39, 0.29) is 23.8 Å². The summed E-state index contributed by atoms with van der Waals surface area (Å²) in [6.07, 6.45) is 2.12. The molecule has 3 rings (SSSR count). The summed E-state index contributed by atoms with van der Waals surface area (Å²) in [5.74, 6) is 0.569. The molecule has 2 atom stereocenters. The topological polar surface area (TPSA) is 75.9 Å². The third-order valence-electron chi connectivity index (χ3n) is 4.64. The number of amides is 2. The second-order valence-electron chi connectivity index (χ2n) is 6.29. The zero-order valence-corrected chi connectivity index (χ0v) is 13.7. The van der Waals surface area contributed by atoms with Crippen LogP contribution in [0.5, 0.6) is 0 Å². The first kappa shape index (κ1) is 16.0. The zero-order chi connectivity index (χ0) is 16.4. The van der Waals surface area contributed by atoms with Crippen LogP contribution in [0.3, 0.4) is 0 Å². The lowest BCUT2D eigenvalue weighted by atomic mass is 10.1. The molecular weight excluding hydrogens is 298 g/mol. The first-order chi connectivity index (χ1) is 11.1. The van der Waals surface area contributed by atoms with Gasteiger partial charge in [0.15, 0.2) is 5.76 Å². The predicted octanol–water partition coefficient (Wildman–Crippen LogP) is 1.14. The molecule has 2 aliphatic heterocycles. The van der Waals surface area contributed by atoms with Gasteiger partial charge in [0.05, 0.1) is 24.3 Å². The molecule has 2 amide bonds. The van der Waals surface area contributed by atoms with Crippen LogP contribution in [-0.2, 0) is 14.3 Å². The van der Waals surface area contributed by atoms with Crippen molar-refractivity contribution in [2.45, 2.75) is 32.2 Å². The van der Waals surface area contributed by atoms with Crippen LogP contribution in [0.15, 0.2) is 10.6 Å². The number of likely N-dealkylation sites (tertiary alicyclic amines) is 2. The van der Waals surface area contributed by atoms with Crippen LogP contribution in [-0.4, -0.2) is 60.1 Å². The third-order valence-corrected chi connectivity index (χ3v) is 4.64. The van der Waals surface area contributed by atoms with E-state index in [0.717, 1.165) is 24.3 Å². The van der Waals surface area contributed by atoms with Crippen molar-refractivity contribution in [3.05, 3.63) is 17.5 Å². The molecule has 0 unspecified atom stereocenters. The number of hydrogen-bond acceptors (Lipinski definition) is 5. The summed E-state index contributed by atoms with van der Waals surface area (Å²) < 4.78 is 10.4. The Balaban J connectivity index is 1.66. The molecule has 3 heterocycles. The molecule has 1 aromatic heterocycles. The van der Waals surface area contributed by atoms with Crippen molar-refractivity contribution in [2.75, 3.05) is 33.4 Å². The molecule has 7 heteroatoms. The van der Waals surface area contributed by atoms with Gasteiger partial charge in [-0.1, -0.05) is 5.16 Å². The van der Waals surface area contributed by atoms with Crippen LogP contribution < -0.4 is 0 Å². The van der Waals surface area contributed by atoms with Crippen molar-refractivity contribution in [1.29, 1.82) is 0 Å². The molecule has 0 spiro atoms. The summed E-state index contributed by atoms with van der Waals surface area (Å²) in [6, 6.07) is 1.84. The maximum atomic E-state index is 12.9. The lowest BCUT2D eigenvalue weighted by molar-refractivity contribution is -0.137. The molecule has 0 aliphatic carbocycles. The molecule has 7 nitrogen and oxygen atoms in total. The standard InChI is InChI=1S/C16H23N3O4/c1-11-8-14(23-17-11)13-4-3-5-19(13)16(21)12-9-15(20)18(10-12)6-7-22-2/h8,12-13H,3-7,9-10H2,1-2H3/t12-,13-/m0/s1. The summed E-state index contributed by atoms with van der Waals surface area (Å²) >= 11 is 0. The van der Waals surface area contributed by atoms with E-state index in [1.54, 1.807) is 12.0 Å². The van der Waals surface area contributed by atoms with Gasteiger partial charge in [-0.15, -0.1) is 0 Å². The van der Waals surface area contributed by atoms with Gasteiger partial charge < -0.3 is 19.1 Å². The van der Waals surface area contributed by atoms with Crippen molar-refractivity contribution in [3.63, 3.8) is 0 Å². The number of ether oxygens (including phenoxy) is 1. The average Bonchev–Trinajstić information content (AvgIpc) is 3.24. The van der Waals surface area contributed by atoms with Crippen molar-refractivity contribution >= 4 is 11.8 Å². The van der Waals surface area contributed by atoms with Crippen molar-refractivity contribution < 1.29 is 18.8 Å². The molecular formula is C16H23N3O4. The Kier molecular flexibility index (Phi) is 4.66. The summed E-state index contributed by atoms with van der Waals surface area (Å²) in [6.45, 7) is 4.11. The SMILES string of the molecule is COCCN1C[C@@H](C(=O)N2CCC[C@H]2c2cc(C)no2)CC1=O. The molecule has 2 aliphatic rings. The van der Waals surface area contributed by atoms with Crippen LogP contribution in [0.25, 0.3) is 0 Å². The fourth-order valence-corrected chi connectivity index (χ4v) is 3.46. The van der Waals surface area contributed by atoms with Crippen molar-refractivity contribution in [1.82, 2.24) is 15.0 Å². The number of hydrogen-bond donors (Lipinski definition) is 0. The van der Waals surface area contributed by atoms with Gasteiger partial charge in [-0.25, -0.2) is 0 Å². The largest absolute Gasteiger partial charge is 0.383 e. The minimum absolute atomic E-state index is 0.0339. The van der Waals surface area contributed by atoms with Crippen molar-refractivity contribution in [3.8, 4) is 0 Å². The van der Waals surface area contributed by atoms with E-state index < -0.39 is 0 Å². The molecule has 0 radical (unpaired) electrons. The number of rotatable bonds is 5. The molecule has 1 aromatic rings. The number of aryl methyl sites for hydroxylation is 1. The molecule has 23 heavy (non-hydrogen) atoms. The highest BCUT2D eigenvalue weighted by atomic mass is 16.5. The zero-order valence-electron chi connectivity index (χ0n) is 13.7. The molecule has 0 saturated carbocycles. The van der Waals surface area contributed by atoms with Crippen molar-refractivity contribution in [2.24, 2.45) is 5.92 Å². The number of nitrogens with zero attached hydrogens (tertiary/aromatic N) is 3. The first-order valence-corrected chi connectivity index (χ1v) is 8.10. The average molecular weight is 321 g/mol. The highest BCUT2D eigenvalue weighted by Crippen LogP contribution is 2.34. The number of methoxy groups -OCH3 is 1. The van der Waals surface area contributed by atoms with E-state index in [4.69, 9.17) is 9.26 Å². The smallest absolute Gasteiger partial charge is 0.228 e. The minimum Gasteiger partial charge on any atom is -0.383 e. The molecule has 0 aromatic carbocycles. The lowest BCUT2D eigenvalue weighted by Crippen LogP contribution is -2.37. The maximum Gasteiger partial charge on any atom is 0.228 e. The van der Waals surface area contributed by atoms with E-state index in [2.05, 4.69) is 5.16 Å². The maximum absolute atomic E-state index is 12.9. The summed E-state index contributed by atoms with van der Waals surface area (Å²) in [4.78, 5) is 28.5. The quantitative estimate of drug-likeness (QED) is 0.813. The van der Waals surface area contributed by atoms with Crippen LogP contribution in [0.4, 0.5) is 0 Å². The highest BCUT2D eigenvalue weighted by Gasteiger charge is 2.40. The van der Waals surface area contributed by atoms with Crippen LogP contribution in [0, 0.1) is 12.8 Å². The molecule has 0 N–H and O–H groups in total. The highest BCUT2D eigenvalue weighted by molar-refractivity contribution is 5.89. The third kappa shape index (κ3) is 3.24. The second-order valence-corrected chi connectivity index (χ2v) is 6.29. The van der Waals surface area contributed by atoms with Gasteiger partial charge in [-0.05, 0) is 19.8 Å². The fourth-order valence-electron chi connectivity index (χ4n) is 3.46. The predicted molar refractivity (Wildman–Crippen MR) is 81.5 cm³/mol. The van der Waals surface area contributed by atoms with Gasteiger partial charge in [-0.2, -0.15) is 0 Å².